The molecule has 1 aromatic heterocycles. The van der Waals surface area contributed by atoms with Gasteiger partial charge in [-0.1, -0.05) is 36.2 Å². The third-order valence-corrected chi connectivity index (χ3v) is 4.09. The van der Waals surface area contributed by atoms with Crippen molar-refractivity contribution >= 4 is 50.6 Å². The van der Waals surface area contributed by atoms with E-state index in [1.54, 1.807) is 12.1 Å². The van der Waals surface area contributed by atoms with Crippen LogP contribution in [0.4, 0.5) is 0 Å². The van der Waals surface area contributed by atoms with E-state index >= 15 is 0 Å². The Hall–Kier alpha value is -0.770. The SMILES string of the molecule is CCCOC(=O)c1sc2cc(Cl)ccc2c1Cl. The van der Waals surface area contributed by atoms with Crippen LogP contribution < -0.4 is 0 Å². The van der Waals surface area contributed by atoms with E-state index < -0.39 is 0 Å². The Bertz CT molecular complexity index is 563. The molecule has 0 saturated carbocycles. The Balaban J connectivity index is 2.41. The van der Waals surface area contributed by atoms with Gasteiger partial charge in [-0.05, 0) is 18.6 Å². The predicted octanol–water partition coefficient (Wildman–Crippen LogP) is 4.77. The summed E-state index contributed by atoms with van der Waals surface area (Å²) in [6, 6.07) is 5.36. The van der Waals surface area contributed by atoms with Crippen LogP contribution in [0.2, 0.25) is 10.0 Å². The summed E-state index contributed by atoms with van der Waals surface area (Å²) in [5.74, 6) is -0.367. The molecule has 0 atom stereocenters. The molecule has 1 heterocycles. The van der Waals surface area contributed by atoms with Crippen LogP contribution in [0.5, 0.6) is 0 Å². The number of thiophene rings is 1. The minimum absolute atomic E-state index is 0.367. The van der Waals surface area contributed by atoms with Crippen LogP contribution in [0, 0.1) is 0 Å². The van der Waals surface area contributed by atoms with Crippen molar-refractivity contribution in [2.45, 2.75) is 13.3 Å². The molecule has 0 spiro atoms. The van der Waals surface area contributed by atoms with Gasteiger partial charge in [0, 0.05) is 15.1 Å². The van der Waals surface area contributed by atoms with Crippen molar-refractivity contribution in [3.05, 3.63) is 33.1 Å². The standard InChI is InChI=1S/C12H10Cl2O2S/c1-2-5-16-12(15)11-10(14)8-4-3-7(13)6-9(8)17-11/h3-4,6H,2,5H2,1H3. The molecule has 2 rings (SSSR count). The number of rotatable bonds is 3. The minimum Gasteiger partial charge on any atom is -0.461 e. The second-order valence-electron chi connectivity index (χ2n) is 3.52. The first-order valence-electron chi connectivity index (χ1n) is 5.18. The van der Waals surface area contributed by atoms with Crippen molar-refractivity contribution in [3.8, 4) is 0 Å². The number of fused-ring (bicyclic) bond motifs is 1. The van der Waals surface area contributed by atoms with Crippen LogP contribution in [0.3, 0.4) is 0 Å². The van der Waals surface area contributed by atoms with Crippen molar-refractivity contribution in [3.63, 3.8) is 0 Å². The molecule has 0 radical (unpaired) electrons. The first-order valence-corrected chi connectivity index (χ1v) is 6.75. The van der Waals surface area contributed by atoms with Gasteiger partial charge < -0.3 is 4.74 Å². The zero-order chi connectivity index (χ0) is 12.4. The highest BCUT2D eigenvalue weighted by Gasteiger charge is 2.18. The predicted molar refractivity (Wildman–Crippen MR) is 72.4 cm³/mol. The van der Waals surface area contributed by atoms with Gasteiger partial charge >= 0.3 is 5.97 Å². The lowest BCUT2D eigenvalue weighted by Crippen LogP contribution is -2.03. The number of carbonyl (C=O) groups is 1. The Morgan fingerprint density at radius 3 is 2.88 bits per heavy atom. The quantitative estimate of drug-likeness (QED) is 0.760. The molecular formula is C12H10Cl2O2S. The van der Waals surface area contributed by atoms with Crippen molar-refractivity contribution in [1.82, 2.24) is 0 Å². The lowest BCUT2D eigenvalue weighted by molar-refractivity contribution is 0.0511. The van der Waals surface area contributed by atoms with Gasteiger partial charge in [0.2, 0.25) is 0 Å². The first kappa shape index (κ1) is 12.7. The van der Waals surface area contributed by atoms with E-state index in [9.17, 15) is 4.79 Å². The first-order chi connectivity index (χ1) is 8.13. The van der Waals surface area contributed by atoms with Gasteiger partial charge in [0.15, 0.2) is 0 Å². The van der Waals surface area contributed by atoms with Gasteiger partial charge in [-0.3, -0.25) is 0 Å². The zero-order valence-electron chi connectivity index (χ0n) is 9.13. The maximum atomic E-state index is 11.7. The lowest BCUT2D eigenvalue weighted by atomic mass is 10.2. The van der Waals surface area contributed by atoms with Gasteiger partial charge in [0.1, 0.15) is 4.88 Å². The molecule has 2 aromatic rings. The van der Waals surface area contributed by atoms with E-state index in [-0.39, 0.29) is 5.97 Å². The number of carbonyl (C=O) groups excluding carboxylic acids is 1. The van der Waals surface area contributed by atoms with Crippen molar-refractivity contribution < 1.29 is 9.53 Å². The average Bonchev–Trinajstić information content (AvgIpc) is 2.63. The summed E-state index contributed by atoms with van der Waals surface area (Å²) in [4.78, 5) is 12.2. The summed E-state index contributed by atoms with van der Waals surface area (Å²) < 4.78 is 5.97. The molecule has 1 aromatic carbocycles. The monoisotopic (exact) mass is 288 g/mol. The number of esters is 1. The molecule has 0 bridgehead atoms. The van der Waals surface area contributed by atoms with E-state index in [2.05, 4.69) is 0 Å². The Labute approximate surface area is 113 Å². The number of hydrogen-bond acceptors (Lipinski definition) is 3. The molecular weight excluding hydrogens is 279 g/mol. The van der Waals surface area contributed by atoms with Crippen molar-refractivity contribution in [1.29, 1.82) is 0 Å². The largest absolute Gasteiger partial charge is 0.461 e. The molecule has 2 nitrogen and oxygen atoms in total. The smallest absolute Gasteiger partial charge is 0.349 e. The Kier molecular flexibility index (Phi) is 3.92. The maximum absolute atomic E-state index is 11.7. The minimum atomic E-state index is -0.367. The molecule has 0 aliphatic carbocycles. The fourth-order valence-electron chi connectivity index (χ4n) is 1.43. The second-order valence-corrected chi connectivity index (χ2v) is 5.39. The van der Waals surface area contributed by atoms with Gasteiger partial charge in [0.05, 0.1) is 11.6 Å². The number of halogens is 2. The van der Waals surface area contributed by atoms with Gasteiger partial charge in [-0.25, -0.2) is 4.79 Å². The van der Waals surface area contributed by atoms with Gasteiger partial charge in [0.25, 0.3) is 0 Å². The van der Waals surface area contributed by atoms with Crippen LogP contribution in [0.15, 0.2) is 18.2 Å². The molecule has 17 heavy (non-hydrogen) atoms. The van der Waals surface area contributed by atoms with Crippen LogP contribution in [-0.2, 0) is 4.74 Å². The third kappa shape index (κ3) is 2.57. The average molecular weight is 289 g/mol. The molecule has 0 aliphatic rings. The van der Waals surface area contributed by atoms with Crippen LogP contribution in [0.1, 0.15) is 23.0 Å². The van der Waals surface area contributed by atoms with Crippen LogP contribution in [-0.4, -0.2) is 12.6 Å². The highest BCUT2D eigenvalue weighted by atomic mass is 35.5. The van der Waals surface area contributed by atoms with Crippen LogP contribution >= 0.6 is 34.5 Å². The summed E-state index contributed by atoms with van der Waals surface area (Å²) in [7, 11) is 0. The summed E-state index contributed by atoms with van der Waals surface area (Å²) in [6.07, 6.45) is 0.792. The highest BCUT2D eigenvalue weighted by Crippen LogP contribution is 2.37. The number of ether oxygens (including phenoxy) is 1. The van der Waals surface area contributed by atoms with Crippen LogP contribution in [0.25, 0.3) is 10.1 Å². The molecule has 0 unspecified atom stereocenters. The van der Waals surface area contributed by atoms with E-state index in [1.807, 2.05) is 13.0 Å². The zero-order valence-corrected chi connectivity index (χ0v) is 11.5. The summed E-state index contributed by atoms with van der Waals surface area (Å²) in [5, 5.41) is 1.91. The fraction of sp³-hybridized carbons (Fsp3) is 0.250. The maximum Gasteiger partial charge on any atom is 0.349 e. The summed E-state index contributed by atoms with van der Waals surface area (Å²) >= 11 is 13.3. The second kappa shape index (κ2) is 5.25. The molecule has 0 N–H and O–H groups in total. The molecule has 5 heteroatoms. The molecule has 90 valence electrons. The topological polar surface area (TPSA) is 26.3 Å². The van der Waals surface area contributed by atoms with E-state index in [0.717, 1.165) is 16.5 Å². The molecule has 0 saturated heterocycles. The number of hydrogen-bond donors (Lipinski definition) is 0. The van der Waals surface area contributed by atoms with E-state index in [1.165, 1.54) is 11.3 Å². The van der Waals surface area contributed by atoms with E-state index in [0.29, 0.717) is 21.5 Å². The molecule has 0 fully saturated rings. The van der Waals surface area contributed by atoms with Crippen molar-refractivity contribution in [2.75, 3.05) is 6.61 Å². The van der Waals surface area contributed by atoms with Gasteiger partial charge in [-0.15, -0.1) is 11.3 Å². The number of benzene rings is 1. The van der Waals surface area contributed by atoms with E-state index in [4.69, 9.17) is 27.9 Å². The summed E-state index contributed by atoms with van der Waals surface area (Å²) in [6.45, 7) is 2.35. The van der Waals surface area contributed by atoms with Gasteiger partial charge in [-0.2, -0.15) is 0 Å². The molecule has 0 amide bonds. The fourth-order valence-corrected chi connectivity index (χ4v) is 3.11. The lowest BCUT2D eigenvalue weighted by Gasteiger charge is -2.00. The third-order valence-electron chi connectivity index (χ3n) is 2.21. The normalized spacial score (nSPS) is 10.8. The summed E-state index contributed by atoms with van der Waals surface area (Å²) in [5.41, 5.74) is 0. The van der Waals surface area contributed by atoms with Crippen molar-refractivity contribution in [2.24, 2.45) is 0 Å². The Morgan fingerprint density at radius 1 is 1.41 bits per heavy atom. The molecule has 0 aliphatic heterocycles. The Morgan fingerprint density at radius 2 is 2.18 bits per heavy atom. The highest BCUT2D eigenvalue weighted by molar-refractivity contribution is 7.21.